The van der Waals surface area contributed by atoms with Gasteiger partial charge in [0.1, 0.15) is 11.3 Å². The second-order valence-electron chi connectivity index (χ2n) is 6.32. The summed E-state index contributed by atoms with van der Waals surface area (Å²) >= 11 is 0. The van der Waals surface area contributed by atoms with E-state index in [0.29, 0.717) is 26.2 Å². The van der Waals surface area contributed by atoms with Gasteiger partial charge in [0.05, 0.1) is 4.92 Å². The van der Waals surface area contributed by atoms with E-state index in [0.717, 1.165) is 6.07 Å². The molecule has 0 aliphatic carbocycles. The average molecular weight is 325 g/mol. The molecule has 1 heterocycles. The zero-order valence-electron chi connectivity index (χ0n) is 13.4. The van der Waals surface area contributed by atoms with Crippen LogP contribution in [0.3, 0.4) is 0 Å². The van der Waals surface area contributed by atoms with Gasteiger partial charge < -0.3 is 14.5 Å². The van der Waals surface area contributed by atoms with E-state index in [2.05, 4.69) is 0 Å². The first kappa shape index (κ1) is 17.0. The van der Waals surface area contributed by atoms with Crippen LogP contribution in [0.5, 0.6) is 0 Å². The van der Waals surface area contributed by atoms with Gasteiger partial charge in [-0.1, -0.05) is 6.07 Å². The fourth-order valence-electron chi connectivity index (χ4n) is 2.40. The summed E-state index contributed by atoms with van der Waals surface area (Å²) in [7, 11) is 0. The number of halogens is 1. The van der Waals surface area contributed by atoms with Gasteiger partial charge in [0.2, 0.25) is 5.82 Å². The first-order valence-corrected chi connectivity index (χ1v) is 7.35. The fraction of sp³-hybridized carbons (Fsp3) is 0.533. The number of nitro benzene ring substituents is 1. The van der Waals surface area contributed by atoms with Crippen LogP contribution in [0.2, 0.25) is 0 Å². The maximum absolute atomic E-state index is 13.7. The molecule has 1 aliphatic rings. The van der Waals surface area contributed by atoms with Crippen LogP contribution in [0.1, 0.15) is 20.8 Å². The van der Waals surface area contributed by atoms with E-state index in [1.807, 2.05) is 0 Å². The van der Waals surface area contributed by atoms with Gasteiger partial charge in [-0.2, -0.15) is 4.39 Å². The van der Waals surface area contributed by atoms with Crippen molar-refractivity contribution in [1.29, 1.82) is 0 Å². The van der Waals surface area contributed by atoms with Crippen molar-refractivity contribution in [2.75, 3.05) is 31.1 Å². The number of nitrogens with zero attached hydrogens (tertiary/aromatic N) is 3. The molecule has 1 aromatic carbocycles. The van der Waals surface area contributed by atoms with E-state index in [1.54, 1.807) is 30.6 Å². The minimum atomic E-state index is -0.859. The van der Waals surface area contributed by atoms with Crippen molar-refractivity contribution in [3.05, 3.63) is 34.1 Å². The first-order chi connectivity index (χ1) is 10.7. The van der Waals surface area contributed by atoms with Crippen LogP contribution in [-0.2, 0) is 4.74 Å². The standard InChI is InChI=1S/C15H20FN3O4/c1-15(2,3)23-14(20)18-9-7-17(8-10-18)12-6-4-5-11(16)13(12)19(21)22/h4-6H,7-10H2,1-3H3. The SMILES string of the molecule is CC(C)(C)OC(=O)N1CCN(c2cccc(F)c2[N+](=O)[O-])CC1. The number of anilines is 1. The lowest BCUT2D eigenvalue weighted by atomic mass is 10.2. The minimum absolute atomic E-state index is 0.235. The Balaban J connectivity index is 2.07. The Morgan fingerprint density at radius 3 is 2.39 bits per heavy atom. The molecular weight excluding hydrogens is 305 g/mol. The van der Waals surface area contributed by atoms with Crippen molar-refractivity contribution in [2.45, 2.75) is 26.4 Å². The number of carbonyl (C=O) groups excluding carboxylic acids is 1. The zero-order valence-corrected chi connectivity index (χ0v) is 13.4. The highest BCUT2D eigenvalue weighted by Crippen LogP contribution is 2.31. The highest BCUT2D eigenvalue weighted by Gasteiger charge is 2.29. The molecule has 1 saturated heterocycles. The predicted molar refractivity (Wildman–Crippen MR) is 83.1 cm³/mol. The van der Waals surface area contributed by atoms with Gasteiger partial charge in [0.25, 0.3) is 0 Å². The van der Waals surface area contributed by atoms with E-state index in [1.165, 1.54) is 12.1 Å². The normalized spacial score (nSPS) is 15.5. The van der Waals surface area contributed by atoms with Crippen molar-refractivity contribution in [2.24, 2.45) is 0 Å². The van der Waals surface area contributed by atoms with Crippen molar-refractivity contribution in [1.82, 2.24) is 4.90 Å². The zero-order chi connectivity index (χ0) is 17.2. The highest BCUT2D eigenvalue weighted by molar-refractivity contribution is 5.69. The molecule has 0 saturated carbocycles. The number of para-hydroxylation sites is 1. The molecule has 1 aromatic rings. The predicted octanol–water partition coefficient (Wildman–Crippen LogP) is 2.79. The van der Waals surface area contributed by atoms with Gasteiger partial charge in [-0.15, -0.1) is 0 Å². The maximum Gasteiger partial charge on any atom is 0.410 e. The van der Waals surface area contributed by atoms with Crippen LogP contribution < -0.4 is 4.90 Å². The lowest BCUT2D eigenvalue weighted by Crippen LogP contribution is -2.50. The van der Waals surface area contributed by atoms with E-state index in [4.69, 9.17) is 4.74 Å². The average Bonchev–Trinajstić information content (AvgIpc) is 2.45. The molecule has 0 radical (unpaired) electrons. The van der Waals surface area contributed by atoms with Gasteiger partial charge in [0, 0.05) is 26.2 Å². The molecule has 1 aliphatic heterocycles. The van der Waals surface area contributed by atoms with Crippen LogP contribution in [0.15, 0.2) is 18.2 Å². The van der Waals surface area contributed by atoms with Gasteiger partial charge in [-0.05, 0) is 32.9 Å². The summed E-state index contributed by atoms with van der Waals surface area (Å²) in [6, 6.07) is 4.03. The van der Waals surface area contributed by atoms with Crippen LogP contribution >= 0.6 is 0 Å². The van der Waals surface area contributed by atoms with E-state index >= 15 is 0 Å². The van der Waals surface area contributed by atoms with Crippen LogP contribution in [0, 0.1) is 15.9 Å². The number of rotatable bonds is 2. The topological polar surface area (TPSA) is 75.9 Å². The second-order valence-corrected chi connectivity index (χ2v) is 6.32. The third-order valence-corrected chi connectivity index (χ3v) is 3.42. The Hall–Kier alpha value is -2.38. The third kappa shape index (κ3) is 4.08. The van der Waals surface area contributed by atoms with Crippen LogP contribution in [0.25, 0.3) is 0 Å². The summed E-state index contributed by atoms with van der Waals surface area (Å²) in [6.45, 7) is 6.85. The van der Waals surface area contributed by atoms with Gasteiger partial charge in [0.15, 0.2) is 0 Å². The molecule has 23 heavy (non-hydrogen) atoms. The minimum Gasteiger partial charge on any atom is -0.444 e. The number of hydrogen-bond donors (Lipinski definition) is 0. The first-order valence-electron chi connectivity index (χ1n) is 7.35. The van der Waals surface area contributed by atoms with E-state index in [-0.39, 0.29) is 5.69 Å². The quantitative estimate of drug-likeness (QED) is 0.617. The molecule has 0 atom stereocenters. The Bertz CT molecular complexity index is 607. The number of amides is 1. The van der Waals surface area contributed by atoms with Crippen LogP contribution in [-0.4, -0.2) is 47.7 Å². The Morgan fingerprint density at radius 2 is 1.87 bits per heavy atom. The Morgan fingerprint density at radius 1 is 1.26 bits per heavy atom. The molecule has 8 heteroatoms. The Labute approximate surface area is 133 Å². The molecule has 0 unspecified atom stereocenters. The summed E-state index contributed by atoms with van der Waals surface area (Å²) in [5.41, 5.74) is -0.868. The molecule has 1 amide bonds. The van der Waals surface area contributed by atoms with Crippen molar-refractivity contribution in [3.63, 3.8) is 0 Å². The number of ether oxygens (including phenoxy) is 1. The Kier molecular flexibility index (Phi) is 4.72. The summed E-state index contributed by atoms with van der Waals surface area (Å²) in [6.07, 6.45) is -0.411. The van der Waals surface area contributed by atoms with Gasteiger partial charge >= 0.3 is 11.8 Å². The smallest absolute Gasteiger partial charge is 0.410 e. The molecule has 0 N–H and O–H groups in total. The lowest BCUT2D eigenvalue weighted by molar-refractivity contribution is -0.386. The summed E-state index contributed by atoms with van der Waals surface area (Å²) in [4.78, 5) is 25.6. The lowest BCUT2D eigenvalue weighted by Gasteiger charge is -2.36. The van der Waals surface area contributed by atoms with Gasteiger partial charge in [-0.25, -0.2) is 4.79 Å². The number of piperazine rings is 1. The number of carbonyl (C=O) groups is 1. The summed E-state index contributed by atoms with van der Waals surface area (Å²) in [5.74, 6) is -0.859. The molecule has 0 aromatic heterocycles. The number of benzene rings is 1. The number of hydrogen-bond acceptors (Lipinski definition) is 5. The summed E-state index contributed by atoms with van der Waals surface area (Å²) < 4.78 is 19.0. The largest absolute Gasteiger partial charge is 0.444 e. The molecule has 7 nitrogen and oxygen atoms in total. The third-order valence-electron chi connectivity index (χ3n) is 3.42. The maximum atomic E-state index is 13.7. The summed E-state index contributed by atoms with van der Waals surface area (Å²) in [5, 5.41) is 11.1. The van der Waals surface area contributed by atoms with Crippen LogP contribution in [0.4, 0.5) is 20.6 Å². The molecule has 0 bridgehead atoms. The second kappa shape index (κ2) is 6.39. The fourth-order valence-corrected chi connectivity index (χ4v) is 2.40. The van der Waals surface area contributed by atoms with Crippen molar-refractivity contribution < 1.29 is 18.8 Å². The molecule has 126 valence electrons. The molecular formula is C15H20FN3O4. The van der Waals surface area contributed by atoms with E-state index < -0.39 is 28.1 Å². The monoisotopic (exact) mass is 325 g/mol. The van der Waals surface area contributed by atoms with Crippen molar-refractivity contribution in [3.8, 4) is 0 Å². The molecule has 2 rings (SSSR count). The highest BCUT2D eigenvalue weighted by atomic mass is 19.1. The van der Waals surface area contributed by atoms with Gasteiger partial charge in [-0.3, -0.25) is 10.1 Å². The number of nitro groups is 1. The molecule has 0 spiro atoms. The van der Waals surface area contributed by atoms with E-state index in [9.17, 15) is 19.3 Å². The molecule has 1 fully saturated rings. The van der Waals surface area contributed by atoms with Crippen molar-refractivity contribution >= 4 is 17.5 Å².